The molecule has 1 aliphatic rings. The van der Waals surface area contributed by atoms with Crippen molar-refractivity contribution in [3.63, 3.8) is 0 Å². The van der Waals surface area contributed by atoms with Gasteiger partial charge in [0.25, 0.3) is 0 Å². The van der Waals surface area contributed by atoms with E-state index in [-0.39, 0.29) is 30.9 Å². The normalized spacial score (nSPS) is 14.2. The van der Waals surface area contributed by atoms with Gasteiger partial charge in [-0.05, 0) is 18.4 Å². The summed E-state index contributed by atoms with van der Waals surface area (Å²) >= 11 is 0. The van der Waals surface area contributed by atoms with E-state index in [1.165, 1.54) is 17.0 Å². The molecule has 1 aromatic rings. The molecule has 1 atom stereocenters. The van der Waals surface area contributed by atoms with Crippen LogP contribution in [-0.2, 0) is 11.3 Å². The zero-order valence-electron chi connectivity index (χ0n) is 13.9. The van der Waals surface area contributed by atoms with Crippen molar-refractivity contribution in [3.05, 3.63) is 17.7 Å². The van der Waals surface area contributed by atoms with Crippen LogP contribution in [0, 0.1) is 5.92 Å². The van der Waals surface area contributed by atoms with Crippen molar-refractivity contribution in [1.82, 2.24) is 4.90 Å². The van der Waals surface area contributed by atoms with Gasteiger partial charge < -0.3 is 24.8 Å². The number of halogens is 2. The zero-order valence-corrected chi connectivity index (χ0v) is 13.9. The lowest BCUT2D eigenvalue weighted by Crippen LogP contribution is -2.42. The summed E-state index contributed by atoms with van der Waals surface area (Å²) in [5.41, 5.74) is 6.29. The van der Waals surface area contributed by atoms with Crippen molar-refractivity contribution in [3.8, 4) is 17.2 Å². The van der Waals surface area contributed by atoms with Crippen molar-refractivity contribution in [2.24, 2.45) is 11.7 Å². The first-order valence-corrected chi connectivity index (χ1v) is 7.65. The third-order valence-electron chi connectivity index (χ3n) is 3.60. The Kier molecular flexibility index (Phi) is 5.82. The topological polar surface area (TPSA) is 74.0 Å². The first-order valence-electron chi connectivity index (χ1n) is 7.65. The second-order valence-corrected chi connectivity index (χ2v) is 6.12. The van der Waals surface area contributed by atoms with E-state index >= 15 is 0 Å². The van der Waals surface area contributed by atoms with E-state index in [1.807, 2.05) is 13.8 Å². The molecule has 0 spiro atoms. The Morgan fingerprint density at radius 1 is 1.33 bits per heavy atom. The van der Waals surface area contributed by atoms with Crippen LogP contribution in [0.3, 0.4) is 0 Å². The Balaban J connectivity index is 2.16. The molecule has 0 fully saturated rings. The number of amides is 1. The van der Waals surface area contributed by atoms with Crippen LogP contribution in [0.1, 0.15) is 25.8 Å². The van der Waals surface area contributed by atoms with Crippen LogP contribution in [-0.4, -0.2) is 37.3 Å². The number of ether oxygens (including phenoxy) is 3. The lowest BCUT2D eigenvalue weighted by molar-refractivity contribution is -0.132. The number of carbonyl (C=O) groups is 1. The molecule has 2 rings (SSSR count). The van der Waals surface area contributed by atoms with Crippen LogP contribution in [0.2, 0.25) is 0 Å². The minimum absolute atomic E-state index is 0.0148. The maximum absolute atomic E-state index is 12.6. The van der Waals surface area contributed by atoms with Crippen LogP contribution in [0.25, 0.3) is 0 Å². The van der Waals surface area contributed by atoms with E-state index < -0.39 is 12.7 Å². The molecule has 8 heteroatoms. The molecule has 0 aliphatic carbocycles. The number of hydrogen-bond donors (Lipinski definition) is 1. The third kappa shape index (κ3) is 4.47. The summed E-state index contributed by atoms with van der Waals surface area (Å²) in [6.45, 7) is 1.05. The van der Waals surface area contributed by atoms with Gasteiger partial charge in [0.2, 0.25) is 12.7 Å². The molecule has 0 radical (unpaired) electrons. The monoisotopic (exact) mass is 344 g/mol. The van der Waals surface area contributed by atoms with Gasteiger partial charge in [-0.15, -0.1) is 0 Å². The summed E-state index contributed by atoms with van der Waals surface area (Å²) < 4.78 is 40.2. The minimum atomic E-state index is -2.98. The van der Waals surface area contributed by atoms with Crippen molar-refractivity contribution in [1.29, 1.82) is 0 Å². The van der Waals surface area contributed by atoms with E-state index in [9.17, 15) is 13.6 Å². The molecule has 0 saturated heterocycles. The van der Waals surface area contributed by atoms with Gasteiger partial charge in [0.05, 0.1) is 6.04 Å². The second-order valence-electron chi connectivity index (χ2n) is 6.12. The van der Waals surface area contributed by atoms with Crippen molar-refractivity contribution >= 4 is 5.91 Å². The fourth-order valence-corrected chi connectivity index (χ4v) is 2.52. The Morgan fingerprint density at radius 2 is 1.96 bits per heavy atom. The number of alkyl halides is 2. The highest BCUT2D eigenvalue weighted by Gasteiger charge is 2.24. The molecule has 0 aromatic heterocycles. The highest BCUT2D eigenvalue weighted by Crippen LogP contribution is 2.39. The predicted octanol–water partition coefficient (Wildman–Crippen LogP) is 2.35. The molecule has 1 aromatic carbocycles. The molecule has 1 aliphatic heterocycles. The Morgan fingerprint density at radius 3 is 2.54 bits per heavy atom. The molecule has 134 valence electrons. The van der Waals surface area contributed by atoms with Crippen molar-refractivity contribution in [2.45, 2.75) is 39.5 Å². The molecule has 1 amide bonds. The third-order valence-corrected chi connectivity index (χ3v) is 3.60. The smallest absolute Gasteiger partial charge is 0.387 e. The van der Waals surface area contributed by atoms with Gasteiger partial charge >= 0.3 is 6.61 Å². The fourth-order valence-electron chi connectivity index (χ4n) is 2.52. The summed E-state index contributed by atoms with van der Waals surface area (Å²) in [5.74, 6) is 0.732. The second kappa shape index (κ2) is 7.65. The molecule has 0 unspecified atom stereocenters. The summed E-state index contributed by atoms with van der Waals surface area (Å²) in [7, 11) is 1.57. The number of nitrogens with two attached hydrogens (primary N) is 1. The van der Waals surface area contributed by atoms with Crippen LogP contribution < -0.4 is 19.9 Å². The minimum Gasteiger partial charge on any atom is -0.454 e. The molecular weight excluding hydrogens is 322 g/mol. The Bertz CT molecular complexity index is 596. The Hall–Kier alpha value is -2.09. The highest BCUT2D eigenvalue weighted by molar-refractivity contribution is 5.81. The molecule has 0 bridgehead atoms. The number of rotatable bonds is 7. The molecule has 2 N–H and O–H groups in total. The molecule has 24 heavy (non-hydrogen) atoms. The average molecular weight is 344 g/mol. The van der Waals surface area contributed by atoms with Gasteiger partial charge in [-0.1, -0.05) is 13.8 Å². The number of fused-ring (bicyclic) bond motifs is 1. The van der Waals surface area contributed by atoms with Gasteiger partial charge in [-0.3, -0.25) is 4.79 Å². The largest absolute Gasteiger partial charge is 0.454 e. The van der Waals surface area contributed by atoms with E-state index in [2.05, 4.69) is 4.74 Å². The summed E-state index contributed by atoms with van der Waals surface area (Å²) in [4.78, 5) is 13.7. The SMILES string of the molecule is CC(C)C[C@H](N)C(=O)N(C)Cc1cc2c(cc1OC(F)F)OCO2. The number of nitrogens with zero attached hydrogens (tertiary/aromatic N) is 1. The summed E-state index contributed by atoms with van der Waals surface area (Å²) in [6, 6.07) is 2.25. The standard InChI is InChI=1S/C16H22F2N2O4/c1-9(2)4-11(19)15(21)20(3)7-10-5-13-14(23-8-22-13)6-12(10)24-16(17)18/h5-6,9,11,16H,4,7-8,19H2,1-3H3/t11-/m0/s1. The van der Waals surface area contributed by atoms with E-state index in [4.69, 9.17) is 15.2 Å². The van der Waals surface area contributed by atoms with Gasteiger partial charge in [0.15, 0.2) is 11.5 Å². The summed E-state index contributed by atoms with van der Waals surface area (Å²) in [6.07, 6.45) is 0.546. The van der Waals surface area contributed by atoms with Crippen LogP contribution in [0.15, 0.2) is 12.1 Å². The first kappa shape index (κ1) is 18.3. The predicted molar refractivity (Wildman–Crippen MR) is 83.1 cm³/mol. The van der Waals surface area contributed by atoms with Gasteiger partial charge in [-0.25, -0.2) is 0 Å². The van der Waals surface area contributed by atoms with Gasteiger partial charge in [-0.2, -0.15) is 8.78 Å². The summed E-state index contributed by atoms with van der Waals surface area (Å²) in [5, 5.41) is 0. The van der Waals surface area contributed by atoms with Crippen LogP contribution >= 0.6 is 0 Å². The molecule has 0 saturated carbocycles. The lowest BCUT2D eigenvalue weighted by Gasteiger charge is -2.23. The quantitative estimate of drug-likeness (QED) is 0.822. The van der Waals surface area contributed by atoms with Gasteiger partial charge in [0, 0.05) is 25.2 Å². The van der Waals surface area contributed by atoms with E-state index in [0.29, 0.717) is 23.5 Å². The van der Waals surface area contributed by atoms with Crippen molar-refractivity contribution in [2.75, 3.05) is 13.8 Å². The number of benzene rings is 1. The Labute approximate surface area is 139 Å². The zero-order chi connectivity index (χ0) is 17.9. The fraction of sp³-hybridized carbons (Fsp3) is 0.562. The maximum atomic E-state index is 12.6. The number of hydrogen-bond acceptors (Lipinski definition) is 5. The van der Waals surface area contributed by atoms with Crippen LogP contribution in [0.5, 0.6) is 17.2 Å². The molecule has 6 nitrogen and oxygen atoms in total. The number of likely N-dealkylation sites (N-methyl/N-ethyl adjacent to an activating group) is 1. The average Bonchev–Trinajstić information content (AvgIpc) is 2.92. The first-order chi connectivity index (χ1) is 11.3. The highest BCUT2D eigenvalue weighted by atomic mass is 19.3. The van der Waals surface area contributed by atoms with Crippen LogP contribution in [0.4, 0.5) is 8.78 Å². The maximum Gasteiger partial charge on any atom is 0.387 e. The van der Waals surface area contributed by atoms with Crippen molar-refractivity contribution < 1.29 is 27.8 Å². The molecule has 1 heterocycles. The van der Waals surface area contributed by atoms with Gasteiger partial charge in [0.1, 0.15) is 5.75 Å². The molecular formula is C16H22F2N2O4. The lowest BCUT2D eigenvalue weighted by atomic mass is 10.0. The van der Waals surface area contributed by atoms with E-state index in [0.717, 1.165) is 0 Å². The van der Waals surface area contributed by atoms with E-state index in [1.54, 1.807) is 7.05 Å². The number of carbonyl (C=O) groups excluding carboxylic acids is 1.